The molecule has 2 atom stereocenters. The number of aryl methyl sites for hydroxylation is 1. The van der Waals surface area contributed by atoms with Crippen molar-refractivity contribution >= 4 is 5.78 Å². The summed E-state index contributed by atoms with van der Waals surface area (Å²) in [5.74, 6) is 0.723. The van der Waals surface area contributed by atoms with Gasteiger partial charge < -0.3 is 4.74 Å². The Hall–Kier alpha value is -1.15. The monoisotopic (exact) mass is 246 g/mol. The number of ketones is 1. The number of methoxy groups -OCH3 is 1. The first kappa shape index (κ1) is 13.3. The molecule has 0 bridgehead atoms. The summed E-state index contributed by atoms with van der Waals surface area (Å²) < 4.78 is 5.67. The zero-order chi connectivity index (χ0) is 13.2. The van der Waals surface area contributed by atoms with E-state index in [-0.39, 0.29) is 5.78 Å². The Morgan fingerprint density at radius 1 is 1.39 bits per heavy atom. The Balaban J connectivity index is 2.33. The lowest BCUT2D eigenvalue weighted by molar-refractivity contribution is -0.0303. The number of rotatable bonds is 3. The second-order valence-corrected chi connectivity index (χ2v) is 5.54. The fourth-order valence-corrected chi connectivity index (χ4v) is 3.06. The lowest BCUT2D eigenvalue weighted by Crippen LogP contribution is -2.44. The second-order valence-electron chi connectivity index (χ2n) is 5.54. The van der Waals surface area contributed by atoms with Gasteiger partial charge in [-0.05, 0) is 37.7 Å². The van der Waals surface area contributed by atoms with Crippen LogP contribution in [0.3, 0.4) is 0 Å². The average Bonchev–Trinajstić information content (AvgIpc) is 2.38. The summed E-state index contributed by atoms with van der Waals surface area (Å²) in [5, 5.41) is 0. The van der Waals surface area contributed by atoms with Crippen molar-refractivity contribution in [2.45, 2.75) is 45.1 Å². The molecular formula is C16H22O2. The van der Waals surface area contributed by atoms with Gasteiger partial charge in [0.15, 0.2) is 5.78 Å². The molecule has 0 aromatic heterocycles. The maximum Gasteiger partial charge on any atom is 0.194 e. The first-order chi connectivity index (χ1) is 8.59. The molecule has 1 aliphatic carbocycles. The number of carbonyl (C=O) groups is 1. The Bertz CT molecular complexity index is 438. The summed E-state index contributed by atoms with van der Waals surface area (Å²) in [6.45, 7) is 4.20. The number of hydrogen-bond acceptors (Lipinski definition) is 2. The van der Waals surface area contributed by atoms with Crippen LogP contribution < -0.4 is 0 Å². The van der Waals surface area contributed by atoms with E-state index in [1.165, 1.54) is 6.42 Å². The molecule has 1 aromatic rings. The number of carbonyl (C=O) groups excluding carboxylic acids is 1. The van der Waals surface area contributed by atoms with Gasteiger partial charge >= 0.3 is 0 Å². The van der Waals surface area contributed by atoms with Crippen molar-refractivity contribution in [3.05, 3.63) is 35.4 Å². The van der Waals surface area contributed by atoms with Crippen molar-refractivity contribution in [2.24, 2.45) is 5.92 Å². The van der Waals surface area contributed by atoms with Gasteiger partial charge in [-0.15, -0.1) is 0 Å². The molecule has 1 fully saturated rings. The number of Topliss-reactive ketones (excluding diaryl/α,β-unsaturated/α-hetero) is 1. The zero-order valence-electron chi connectivity index (χ0n) is 11.5. The molecule has 98 valence electrons. The first-order valence-electron chi connectivity index (χ1n) is 6.74. The minimum absolute atomic E-state index is 0.162. The predicted octanol–water partition coefficient (Wildman–Crippen LogP) is 3.77. The van der Waals surface area contributed by atoms with Crippen LogP contribution >= 0.6 is 0 Å². The Labute approximate surface area is 109 Å². The molecule has 1 aromatic carbocycles. The third kappa shape index (κ3) is 2.35. The van der Waals surface area contributed by atoms with Gasteiger partial charge in [0.2, 0.25) is 0 Å². The lowest BCUT2D eigenvalue weighted by Gasteiger charge is -2.37. The van der Waals surface area contributed by atoms with Crippen molar-refractivity contribution in [2.75, 3.05) is 7.11 Å². The maximum absolute atomic E-state index is 12.8. The summed E-state index contributed by atoms with van der Waals surface area (Å²) in [4.78, 5) is 12.8. The molecular weight excluding hydrogens is 224 g/mol. The molecule has 0 amide bonds. The fraction of sp³-hybridized carbons (Fsp3) is 0.562. The lowest BCUT2D eigenvalue weighted by atomic mass is 9.74. The Morgan fingerprint density at radius 3 is 2.72 bits per heavy atom. The summed E-state index contributed by atoms with van der Waals surface area (Å²) in [6, 6.07) is 7.80. The minimum Gasteiger partial charge on any atom is -0.370 e. The van der Waals surface area contributed by atoms with E-state index in [2.05, 4.69) is 6.92 Å². The van der Waals surface area contributed by atoms with Gasteiger partial charge in [0, 0.05) is 12.7 Å². The van der Waals surface area contributed by atoms with Gasteiger partial charge in [-0.25, -0.2) is 0 Å². The van der Waals surface area contributed by atoms with E-state index in [1.807, 2.05) is 31.2 Å². The third-order valence-electron chi connectivity index (χ3n) is 4.15. The molecule has 0 N–H and O–H groups in total. The van der Waals surface area contributed by atoms with Crippen LogP contribution in [-0.2, 0) is 4.74 Å². The normalized spacial score (nSPS) is 28.1. The average molecular weight is 246 g/mol. The molecule has 0 aliphatic heterocycles. The molecule has 2 heteroatoms. The maximum atomic E-state index is 12.8. The molecule has 2 rings (SSSR count). The predicted molar refractivity (Wildman–Crippen MR) is 72.9 cm³/mol. The Morgan fingerprint density at radius 2 is 2.11 bits per heavy atom. The molecule has 1 aliphatic rings. The Kier molecular flexibility index (Phi) is 3.86. The van der Waals surface area contributed by atoms with Crippen molar-refractivity contribution < 1.29 is 9.53 Å². The van der Waals surface area contributed by atoms with Crippen LogP contribution in [0, 0.1) is 12.8 Å². The van der Waals surface area contributed by atoms with Crippen LogP contribution in [0.15, 0.2) is 24.3 Å². The van der Waals surface area contributed by atoms with Crippen molar-refractivity contribution in [3.8, 4) is 0 Å². The molecule has 0 radical (unpaired) electrons. The van der Waals surface area contributed by atoms with E-state index in [1.54, 1.807) is 7.11 Å². The van der Waals surface area contributed by atoms with Gasteiger partial charge in [0.05, 0.1) is 0 Å². The molecule has 1 saturated carbocycles. The van der Waals surface area contributed by atoms with Crippen molar-refractivity contribution in [3.63, 3.8) is 0 Å². The van der Waals surface area contributed by atoms with Crippen molar-refractivity contribution in [1.29, 1.82) is 0 Å². The minimum atomic E-state index is -0.593. The third-order valence-corrected chi connectivity index (χ3v) is 4.15. The number of hydrogen-bond donors (Lipinski definition) is 0. The molecule has 18 heavy (non-hydrogen) atoms. The largest absolute Gasteiger partial charge is 0.370 e. The highest BCUT2D eigenvalue weighted by molar-refractivity contribution is 6.03. The number of benzene rings is 1. The van der Waals surface area contributed by atoms with Gasteiger partial charge in [-0.2, -0.15) is 0 Å². The summed E-state index contributed by atoms with van der Waals surface area (Å²) in [6.07, 6.45) is 3.97. The highest BCUT2D eigenvalue weighted by Gasteiger charge is 2.42. The highest BCUT2D eigenvalue weighted by atomic mass is 16.5. The summed E-state index contributed by atoms with van der Waals surface area (Å²) >= 11 is 0. The smallest absolute Gasteiger partial charge is 0.194 e. The van der Waals surface area contributed by atoms with Gasteiger partial charge in [-0.1, -0.05) is 37.6 Å². The van der Waals surface area contributed by atoms with E-state index >= 15 is 0 Å². The molecule has 0 saturated heterocycles. The topological polar surface area (TPSA) is 26.3 Å². The van der Waals surface area contributed by atoms with Gasteiger partial charge in [0.25, 0.3) is 0 Å². The molecule has 2 unspecified atom stereocenters. The van der Waals surface area contributed by atoms with E-state index < -0.39 is 5.60 Å². The SMILES string of the molecule is COC1(C(=O)c2ccccc2C)CCCC(C)C1. The molecule has 0 spiro atoms. The summed E-state index contributed by atoms with van der Waals surface area (Å²) in [7, 11) is 1.67. The van der Waals surface area contributed by atoms with Crippen LogP contribution in [-0.4, -0.2) is 18.5 Å². The number of ether oxygens (including phenoxy) is 1. The van der Waals surface area contributed by atoms with E-state index in [0.29, 0.717) is 5.92 Å². The summed E-state index contributed by atoms with van der Waals surface area (Å²) in [5.41, 5.74) is 1.26. The van der Waals surface area contributed by atoms with Crippen LogP contribution in [0.2, 0.25) is 0 Å². The highest BCUT2D eigenvalue weighted by Crippen LogP contribution is 2.37. The standard InChI is InChI=1S/C16H22O2/c1-12-7-6-10-16(11-12,18-3)15(17)14-9-5-4-8-13(14)2/h4-5,8-9,12H,6-7,10-11H2,1-3H3. The van der Waals surface area contributed by atoms with E-state index in [4.69, 9.17) is 4.74 Å². The van der Waals surface area contributed by atoms with Crippen LogP contribution in [0.4, 0.5) is 0 Å². The van der Waals surface area contributed by atoms with Crippen molar-refractivity contribution in [1.82, 2.24) is 0 Å². The van der Waals surface area contributed by atoms with Crippen LogP contribution in [0.25, 0.3) is 0 Å². The molecule has 0 heterocycles. The van der Waals surface area contributed by atoms with Crippen LogP contribution in [0.5, 0.6) is 0 Å². The second kappa shape index (κ2) is 5.23. The zero-order valence-corrected chi connectivity index (χ0v) is 11.5. The molecule has 2 nitrogen and oxygen atoms in total. The van der Waals surface area contributed by atoms with Crippen LogP contribution in [0.1, 0.15) is 48.5 Å². The quantitative estimate of drug-likeness (QED) is 0.759. The first-order valence-corrected chi connectivity index (χ1v) is 6.74. The fourth-order valence-electron chi connectivity index (χ4n) is 3.06. The van der Waals surface area contributed by atoms with E-state index in [9.17, 15) is 4.79 Å². The van der Waals surface area contributed by atoms with Gasteiger partial charge in [0.1, 0.15) is 5.60 Å². The van der Waals surface area contributed by atoms with Gasteiger partial charge in [-0.3, -0.25) is 4.79 Å². The van der Waals surface area contributed by atoms with E-state index in [0.717, 1.165) is 30.4 Å².